The van der Waals surface area contributed by atoms with Crippen LogP contribution in [0.4, 0.5) is 5.69 Å². The standard InChI is InChI=1S/C13H16BrNO5/c1-4-13(3,17)7-20-12-10(8(2)16)5-9(14)6-11(12)15(18)19/h5-6,17H,4,7H2,1-3H3. The first kappa shape index (κ1) is 16.6. The lowest BCUT2D eigenvalue weighted by Gasteiger charge is -2.22. The zero-order chi connectivity index (χ0) is 15.5. The average Bonchev–Trinajstić information content (AvgIpc) is 2.36. The first-order valence-corrected chi connectivity index (χ1v) is 6.81. The van der Waals surface area contributed by atoms with E-state index in [2.05, 4.69) is 15.9 Å². The molecule has 0 aromatic heterocycles. The molecule has 110 valence electrons. The Morgan fingerprint density at radius 3 is 2.60 bits per heavy atom. The second-order valence-electron chi connectivity index (χ2n) is 4.75. The molecule has 0 aliphatic heterocycles. The lowest BCUT2D eigenvalue weighted by molar-refractivity contribution is -0.386. The summed E-state index contributed by atoms with van der Waals surface area (Å²) in [6, 6.07) is 2.73. The summed E-state index contributed by atoms with van der Waals surface area (Å²) in [7, 11) is 0. The molecule has 1 unspecified atom stereocenters. The van der Waals surface area contributed by atoms with Crippen molar-refractivity contribution in [2.45, 2.75) is 32.8 Å². The highest BCUT2D eigenvalue weighted by Gasteiger charge is 2.26. The number of benzene rings is 1. The van der Waals surface area contributed by atoms with Gasteiger partial charge in [-0.3, -0.25) is 14.9 Å². The smallest absolute Gasteiger partial charge is 0.312 e. The van der Waals surface area contributed by atoms with Crippen molar-refractivity contribution in [2.75, 3.05) is 6.61 Å². The van der Waals surface area contributed by atoms with Gasteiger partial charge < -0.3 is 9.84 Å². The van der Waals surface area contributed by atoms with Gasteiger partial charge in [0.25, 0.3) is 0 Å². The number of ketones is 1. The van der Waals surface area contributed by atoms with Crippen LogP contribution in [0.15, 0.2) is 16.6 Å². The summed E-state index contributed by atoms with van der Waals surface area (Å²) in [5.74, 6) is -0.458. The Morgan fingerprint density at radius 1 is 1.55 bits per heavy atom. The van der Waals surface area contributed by atoms with Crippen molar-refractivity contribution in [3.05, 3.63) is 32.3 Å². The third-order valence-corrected chi connectivity index (χ3v) is 3.36. The van der Waals surface area contributed by atoms with Gasteiger partial charge >= 0.3 is 5.69 Å². The topological polar surface area (TPSA) is 89.7 Å². The van der Waals surface area contributed by atoms with E-state index in [1.807, 2.05) is 0 Å². The molecule has 0 bridgehead atoms. The second-order valence-corrected chi connectivity index (χ2v) is 5.67. The molecule has 1 N–H and O–H groups in total. The highest BCUT2D eigenvalue weighted by Crippen LogP contribution is 2.35. The minimum atomic E-state index is -1.12. The summed E-state index contributed by atoms with van der Waals surface area (Å²) < 4.78 is 5.79. The summed E-state index contributed by atoms with van der Waals surface area (Å²) >= 11 is 3.13. The maximum absolute atomic E-state index is 11.6. The van der Waals surface area contributed by atoms with Crippen molar-refractivity contribution in [2.24, 2.45) is 0 Å². The van der Waals surface area contributed by atoms with Crippen molar-refractivity contribution in [1.82, 2.24) is 0 Å². The number of rotatable bonds is 6. The Morgan fingerprint density at radius 2 is 2.15 bits per heavy atom. The van der Waals surface area contributed by atoms with Crippen LogP contribution in [0.1, 0.15) is 37.6 Å². The SMILES string of the molecule is CCC(C)(O)COc1c(C(C)=O)cc(Br)cc1[N+](=O)[O-]. The molecule has 1 aromatic carbocycles. The van der Waals surface area contributed by atoms with E-state index in [0.717, 1.165) is 0 Å². The van der Waals surface area contributed by atoms with E-state index in [1.165, 1.54) is 19.1 Å². The minimum Gasteiger partial charge on any atom is -0.483 e. The first-order valence-electron chi connectivity index (χ1n) is 6.02. The van der Waals surface area contributed by atoms with Crippen LogP contribution < -0.4 is 4.74 Å². The van der Waals surface area contributed by atoms with Gasteiger partial charge in [0.2, 0.25) is 5.75 Å². The van der Waals surface area contributed by atoms with Crippen molar-refractivity contribution in [3.63, 3.8) is 0 Å². The van der Waals surface area contributed by atoms with Crippen LogP contribution >= 0.6 is 15.9 Å². The molecule has 1 aromatic rings. The van der Waals surface area contributed by atoms with Crippen LogP contribution in [-0.2, 0) is 0 Å². The van der Waals surface area contributed by atoms with Gasteiger partial charge in [0, 0.05) is 10.5 Å². The number of nitrogens with zero attached hydrogens (tertiary/aromatic N) is 1. The molecule has 7 heteroatoms. The highest BCUT2D eigenvalue weighted by molar-refractivity contribution is 9.10. The van der Waals surface area contributed by atoms with Crippen LogP contribution in [0.25, 0.3) is 0 Å². The number of carbonyl (C=O) groups is 1. The molecule has 0 saturated carbocycles. The van der Waals surface area contributed by atoms with E-state index < -0.39 is 10.5 Å². The monoisotopic (exact) mass is 345 g/mol. The van der Waals surface area contributed by atoms with Crippen LogP contribution in [-0.4, -0.2) is 28.0 Å². The number of hydrogen-bond acceptors (Lipinski definition) is 5. The molecule has 1 rings (SSSR count). The second kappa shape index (κ2) is 6.32. The van der Waals surface area contributed by atoms with Gasteiger partial charge in [-0.2, -0.15) is 0 Å². The Kier molecular flexibility index (Phi) is 5.24. The van der Waals surface area contributed by atoms with E-state index in [9.17, 15) is 20.0 Å². The summed E-state index contributed by atoms with van der Waals surface area (Å²) in [4.78, 5) is 22.1. The molecule has 0 amide bonds. The van der Waals surface area contributed by atoms with Crippen molar-refractivity contribution in [3.8, 4) is 5.75 Å². The Balaban J connectivity index is 3.27. The summed E-state index contributed by atoms with van der Waals surface area (Å²) in [6.07, 6.45) is 0.423. The Bertz CT molecular complexity index is 507. The largest absolute Gasteiger partial charge is 0.483 e. The van der Waals surface area contributed by atoms with Gasteiger partial charge in [-0.15, -0.1) is 0 Å². The van der Waals surface area contributed by atoms with Gasteiger partial charge in [-0.25, -0.2) is 0 Å². The Hall–Kier alpha value is -1.47. The maximum Gasteiger partial charge on any atom is 0.312 e. The normalized spacial score (nSPS) is 13.7. The van der Waals surface area contributed by atoms with Gasteiger partial charge in [-0.05, 0) is 26.3 Å². The fourth-order valence-corrected chi connectivity index (χ4v) is 1.90. The molecule has 1 atom stereocenters. The highest BCUT2D eigenvalue weighted by atomic mass is 79.9. The van der Waals surface area contributed by atoms with Crippen molar-refractivity contribution >= 4 is 27.4 Å². The van der Waals surface area contributed by atoms with Crippen LogP contribution in [0.3, 0.4) is 0 Å². The van der Waals surface area contributed by atoms with E-state index >= 15 is 0 Å². The molecule has 0 spiro atoms. The van der Waals surface area contributed by atoms with Gasteiger partial charge in [-0.1, -0.05) is 22.9 Å². The molecule has 0 saturated heterocycles. The van der Waals surface area contributed by atoms with Gasteiger partial charge in [0.1, 0.15) is 6.61 Å². The number of aliphatic hydroxyl groups is 1. The number of ether oxygens (including phenoxy) is 1. The molecular weight excluding hydrogens is 330 g/mol. The van der Waals surface area contributed by atoms with Crippen LogP contribution in [0, 0.1) is 10.1 Å². The number of carbonyl (C=O) groups excluding carboxylic acids is 1. The Labute approximate surface area is 125 Å². The van der Waals surface area contributed by atoms with Gasteiger partial charge in [0.05, 0.1) is 16.1 Å². The molecule has 0 aliphatic carbocycles. The zero-order valence-electron chi connectivity index (χ0n) is 11.5. The fourth-order valence-electron chi connectivity index (χ4n) is 1.46. The van der Waals surface area contributed by atoms with E-state index in [-0.39, 0.29) is 29.4 Å². The zero-order valence-corrected chi connectivity index (χ0v) is 13.1. The molecule has 20 heavy (non-hydrogen) atoms. The van der Waals surface area contributed by atoms with E-state index in [0.29, 0.717) is 10.9 Å². The quantitative estimate of drug-likeness (QED) is 0.486. The third kappa shape index (κ3) is 4.01. The van der Waals surface area contributed by atoms with Crippen molar-refractivity contribution in [1.29, 1.82) is 0 Å². The third-order valence-electron chi connectivity index (χ3n) is 2.90. The minimum absolute atomic E-state index is 0.109. The lowest BCUT2D eigenvalue weighted by Crippen LogP contribution is -2.31. The van der Waals surface area contributed by atoms with E-state index in [1.54, 1.807) is 13.8 Å². The molecule has 6 nitrogen and oxygen atoms in total. The number of halogens is 1. The fraction of sp³-hybridized carbons (Fsp3) is 0.462. The predicted molar refractivity (Wildman–Crippen MR) is 77.2 cm³/mol. The number of hydrogen-bond donors (Lipinski definition) is 1. The van der Waals surface area contributed by atoms with Crippen LogP contribution in [0.5, 0.6) is 5.75 Å². The molecular formula is C13H16BrNO5. The summed E-state index contributed by atoms with van der Waals surface area (Å²) in [6.45, 7) is 4.50. The molecule has 0 heterocycles. The summed E-state index contributed by atoms with van der Waals surface area (Å²) in [5.41, 5.74) is -1.32. The molecule has 0 aliphatic rings. The average molecular weight is 346 g/mol. The first-order chi connectivity index (χ1) is 9.18. The maximum atomic E-state index is 11.6. The predicted octanol–water partition coefficient (Wildman–Crippen LogP) is 3.10. The van der Waals surface area contributed by atoms with Crippen LogP contribution in [0.2, 0.25) is 0 Å². The number of nitro groups is 1. The van der Waals surface area contributed by atoms with Gasteiger partial charge in [0.15, 0.2) is 5.78 Å². The number of nitro benzene ring substituents is 1. The van der Waals surface area contributed by atoms with E-state index in [4.69, 9.17) is 4.74 Å². The molecule has 0 radical (unpaired) electrons. The summed E-state index contributed by atoms with van der Waals surface area (Å²) in [5, 5.41) is 21.0. The molecule has 0 fully saturated rings. The number of Topliss-reactive ketones (excluding diaryl/α,β-unsaturated/α-hetero) is 1. The lowest BCUT2D eigenvalue weighted by atomic mass is 10.1. The van der Waals surface area contributed by atoms with Crippen molar-refractivity contribution < 1.29 is 19.6 Å².